The van der Waals surface area contributed by atoms with Gasteiger partial charge in [0.2, 0.25) is 0 Å². The number of hydrogen-bond acceptors (Lipinski definition) is 3. The van der Waals surface area contributed by atoms with E-state index < -0.39 is 5.82 Å². The number of methoxy groups -OCH3 is 1. The molecule has 0 radical (unpaired) electrons. The third-order valence-corrected chi connectivity index (χ3v) is 3.79. The van der Waals surface area contributed by atoms with E-state index in [-0.39, 0.29) is 16.8 Å². The van der Waals surface area contributed by atoms with Gasteiger partial charge in [0.05, 0.1) is 18.2 Å². The molecule has 0 aliphatic rings. The van der Waals surface area contributed by atoms with Crippen molar-refractivity contribution in [2.24, 2.45) is 0 Å². The zero-order chi connectivity index (χ0) is 15.6. The summed E-state index contributed by atoms with van der Waals surface area (Å²) in [7, 11) is 1.47. The highest BCUT2D eigenvalue weighted by molar-refractivity contribution is 6.36. The third-order valence-electron chi connectivity index (χ3n) is 3.07. The number of benzene rings is 2. The van der Waals surface area contributed by atoms with Gasteiger partial charge in [-0.15, -0.1) is 0 Å². The zero-order valence-electron chi connectivity index (χ0n) is 11.5. The van der Waals surface area contributed by atoms with Crippen LogP contribution in [0.1, 0.15) is 18.5 Å². The van der Waals surface area contributed by atoms with Gasteiger partial charge in [-0.2, -0.15) is 0 Å². The smallest absolute Gasteiger partial charge is 0.160 e. The van der Waals surface area contributed by atoms with Crippen LogP contribution in [0.3, 0.4) is 0 Å². The number of phenols is 1. The standard InChI is InChI=1S/C15H14Cl2FNO2/c1-8(14-10(16)4-5-11(18)15(14)17)19-9-3-6-13(21-2)12(20)7-9/h3-8,19-20H,1-2H3. The molecule has 2 aromatic rings. The Morgan fingerprint density at radius 3 is 2.57 bits per heavy atom. The Hall–Kier alpha value is -1.65. The van der Waals surface area contributed by atoms with Crippen molar-refractivity contribution in [1.82, 2.24) is 0 Å². The first-order valence-electron chi connectivity index (χ1n) is 6.21. The first-order chi connectivity index (χ1) is 9.93. The van der Waals surface area contributed by atoms with Gasteiger partial charge < -0.3 is 15.2 Å². The highest BCUT2D eigenvalue weighted by Gasteiger charge is 2.17. The summed E-state index contributed by atoms with van der Waals surface area (Å²) in [5, 5.41) is 13.2. The van der Waals surface area contributed by atoms with Crippen molar-refractivity contribution < 1.29 is 14.2 Å². The predicted octanol–water partition coefficient (Wildman–Crippen LogP) is 5.02. The third kappa shape index (κ3) is 3.34. The molecule has 2 N–H and O–H groups in total. The van der Waals surface area contributed by atoms with Crippen molar-refractivity contribution in [2.75, 3.05) is 12.4 Å². The summed E-state index contributed by atoms with van der Waals surface area (Å²) < 4.78 is 18.5. The van der Waals surface area contributed by atoms with E-state index in [2.05, 4.69) is 5.32 Å². The number of hydrogen-bond donors (Lipinski definition) is 2. The fraction of sp³-hybridized carbons (Fsp3) is 0.200. The van der Waals surface area contributed by atoms with Gasteiger partial charge in [-0.3, -0.25) is 0 Å². The first kappa shape index (κ1) is 15.7. The Balaban J connectivity index is 2.28. The number of ether oxygens (including phenoxy) is 1. The summed E-state index contributed by atoms with van der Waals surface area (Å²) >= 11 is 12.1. The van der Waals surface area contributed by atoms with Crippen LogP contribution in [0.4, 0.5) is 10.1 Å². The average Bonchev–Trinajstić information content (AvgIpc) is 2.43. The van der Waals surface area contributed by atoms with Crippen molar-refractivity contribution in [3.05, 3.63) is 51.8 Å². The fourth-order valence-corrected chi connectivity index (χ4v) is 2.74. The molecule has 6 heteroatoms. The molecule has 2 aromatic carbocycles. The lowest BCUT2D eigenvalue weighted by Gasteiger charge is -2.19. The zero-order valence-corrected chi connectivity index (χ0v) is 13.0. The molecule has 2 rings (SSSR count). The van der Waals surface area contributed by atoms with Crippen LogP contribution in [0.15, 0.2) is 30.3 Å². The normalized spacial score (nSPS) is 12.0. The molecule has 0 fully saturated rings. The molecule has 0 aliphatic carbocycles. The molecule has 0 bridgehead atoms. The van der Waals surface area contributed by atoms with Crippen molar-refractivity contribution in [3.63, 3.8) is 0 Å². The van der Waals surface area contributed by atoms with Gasteiger partial charge in [0.25, 0.3) is 0 Å². The SMILES string of the molecule is COc1ccc(NC(C)c2c(Cl)ccc(F)c2Cl)cc1O. The van der Waals surface area contributed by atoms with E-state index in [9.17, 15) is 9.50 Å². The lowest BCUT2D eigenvalue weighted by molar-refractivity contribution is 0.373. The first-order valence-corrected chi connectivity index (χ1v) is 6.96. The van der Waals surface area contributed by atoms with Gasteiger partial charge in [0, 0.05) is 22.3 Å². The topological polar surface area (TPSA) is 41.5 Å². The molecule has 0 spiro atoms. The number of halogens is 3. The van der Waals surface area contributed by atoms with Gasteiger partial charge in [-0.05, 0) is 31.2 Å². The highest BCUT2D eigenvalue weighted by Crippen LogP contribution is 2.35. The molecule has 0 saturated carbocycles. The summed E-state index contributed by atoms with van der Waals surface area (Å²) in [6, 6.07) is 7.21. The van der Waals surface area contributed by atoms with Crippen LogP contribution in [0, 0.1) is 5.82 Å². The van der Waals surface area contributed by atoms with Crippen LogP contribution in [-0.2, 0) is 0 Å². The van der Waals surface area contributed by atoms with Crippen molar-refractivity contribution in [1.29, 1.82) is 0 Å². The monoisotopic (exact) mass is 329 g/mol. The average molecular weight is 330 g/mol. The van der Waals surface area contributed by atoms with Crippen LogP contribution >= 0.6 is 23.2 Å². The van der Waals surface area contributed by atoms with Crippen LogP contribution in [0.25, 0.3) is 0 Å². The Labute approximate surface area is 132 Å². The second-order valence-corrected chi connectivity index (χ2v) is 5.29. The lowest BCUT2D eigenvalue weighted by atomic mass is 10.1. The maximum Gasteiger partial charge on any atom is 0.160 e. The number of nitrogens with one attached hydrogen (secondary N) is 1. The fourth-order valence-electron chi connectivity index (χ4n) is 2.04. The summed E-state index contributed by atoms with van der Waals surface area (Å²) in [4.78, 5) is 0. The molecule has 0 amide bonds. The van der Waals surface area contributed by atoms with E-state index in [0.717, 1.165) is 0 Å². The van der Waals surface area contributed by atoms with Crippen molar-refractivity contribution in [2.45, 2.75) is 13.0 Å². The van der Waals surface area contributed by atoms with E-state index in [1.54, 1.807) is 19.1 Å². The molecule has 3 nitrogen and oxygen atoms in total. The van der Waals surface area contributed by atoms with Gasteiger partial charge in [0.1, 0.15) is 5.82 Å². The Morgan fingerprint density at radius 2 is 1.95 bits per heavy atom. The summed E-state index contributed by atoms with van der Waals surface area (Å²) in [6.07, 6.45) is 0. The molecule has 1 unspecified atom stereocenters. The second kappa shape index (κ2) is 6.41. The van der Waals surface area contributed by atoms with Crippen molar-refractivity contribution >= 4 is 28.9 Å². The number of rotatable bonds is 4. The predicted molar refractivity (Wildman–Crippen MR) is 83.1 cm³/mol. The summed E-state index contributed by atoms with van der Waals surface area (Å²) in [6.45, 7) is 1.80. The summed E-state index contributed by atoms with van der Waals surface area (Å²) in [5.74, 6) is -0.150. The molecule has 0 saturated heterocycles. The van der Waals surface area contributed by atoms with Gasteiger partial charge in [-0.25, -0.2) is 4.39 Å². The molecular weight excluding hydrogens is 316 g/mol. The molecular formula is C15H14Cl2FNO2. The van der Waals surface area contributed by atoms with Crippen LogP contribution in [-0.4, -0.2) is 12.2 Å². The second-order valence-electron chi connectivity index (χ2n) is 4.51. The van der Waals surface area contributed by atoms with E-state index in [4.69, 9.17) is 27.9 Å². The minimum Gasteiger partial charge on any atom is -0.504 e. The molecule has 21 heavy (non-hydrogen) atoms. The quantitative estimate of drug-likeness (QED) is 0.774. The number of phenolic OH excluding ortho intramolecular Hbond substituents is 1. The Kier molecular flexibility index (Phi) is 4.80. The maximum absolute atomic E-state index is 13.5. The Morgan fingerprint density at radius 1 is 1.24 bits per heavy atom. The van der Waals surface area contributed by atoms with Crippen LogP contribution < -0.4 is 10.1 Å². The highest BCUT2D eigenvalue weighted by atomic mass is 35.5. The largest absolute Gasteiger partial charge is 0.504 e. The Bertz CT molecular complexity index is 664. The van der Waals surface area contributed by atoms with Gasteiger partial charge in [0.15, 0.2) is 11.5 Å². The van der Waals surface area contributed by atoms with Crippen LogP contribution in [0.2, 0.25) is 10.0 Å². The molecule has 0 aromatic heterocycles. The lowest BCUT2D eigenvalue weighted by Crippen LogP contribution is -2.08. The van der Waals surface area contributed by atoms with E-state index >= 15 is 0 Å². The van der Waals surface area contributed by atoms with E-state index in [1.165, 1.54) is 25.3 Å². The molecule has 1 atom stereocenters. The minimum atomic E-state index is -0.526. The van der Waals surface area contributed by atoms with Gasteiger partial charge in [-0.1, -0.05) is 23.2 Å². The minimum absolute atomic E-state index is 0.00568. The number of anilines is 1. The number of aromatic hydroxyl groups is 1. The summed E-state index contributed by atoms with van der Waals surface area (Å²) in [5.41, 5.74) is 1.10. The molecule has 112 valence electrons. The maximum atomic E-state index is 13.5. The van der Waals surface area contributed by atoms with Crippen LogP contribution in [0.5, 0.6) is 11.5 Å². The molecule has 0 heterocycles. The van der Waals surface area contributed by atoms with Crippen molar-refractivity contribution in [3.8, 4) is 11.5 Å². The van der Waals surface area contributed by atoms with E-state index in [0.29, 0.717) is 22.0 Å². The van der Waals surface area contributed by atoms with Gasteiger partial charge >= 0.3 is 0 Å². The molecule has 0 aliphatic heterocycles. The van der Waals surface area contributed by atoms with E-state index in [1.807, 2.05) is 0 Å².